The number of likely N-dealkylation sites (tertiary alicyclic amines) is 1. The van der Waals surface area contributed by atoms with Gasteiger partial charge in [0.2, 0.25) is 5.91 Å². The zero-order valence-corrected chi connectivity index (χ0v) is 11.2. The van der Waals surface area contributed by atoms with E-state index in [-0.39, 0.29) is 11.8 Å². The number of nitrogens with zero attached hydrogens (tertiary/aromatic N) is 1. The zero-order chi connectivity index (χ0) is 12.5. The van der Waals surface area contributed by atoms with Crippen LogP contribution in [-0.4, -0.2) is 50.2 Å². The predicted octanol–water partition coefficient (Wildman–Crippen LogP) is 1.26. The van der Waals surface area contributed by atoms with Gasteiger partial charge >= 0.3 is 0 Å². The van der Waals surface area contributed by atoms with E-state index in [0.29, 0.717) is 0 Å². The van der Waals surface area contributed by atoms with E-state index in [1.807, 2.05) is 6.92 Å². The normalized spacial score (nSPS) is 18.2. The third-order valence-electron chi connectivity index (χ3n) is 3.26. The van der Waals surface area contributed by atoms with E-state index in [9.17, 15) is 4.79 Å². The maximum atomic E-state index is 11.8. The molecule has 17 heavy (non-hydrogen) atoms. The number of nitrogens with one attached hydrogen (secondary N) is 1. The van der Waals surface area contributed by atoms with Crippen molar-refractivity contribution in [3.05, 3.63) is 0 Å². The lowest BCUT2D eigenvalue weighted by Crippen LogP contribution is -2.41. The minimum absolute atomic E-state index is 0.227. The first-order chi connectivity index (χ1) is 8.27. The summed E-state index contributed by atoms with van der Waals surface area (Å²) in [6.07, 6.45) is 2.99. The SMILES string of the molecule is CCCNC(=O)C1CCN(CCOCC)CC1. The molecule has 0 aliphatic carbocycles. The van der Waals surface area contributed by atoms with Crippen molar-refractivity contribution < 1.29 is 9.53 Å². The standard InChI is InChI=1S/C13H26N2O2/c1-3-7-14-13(16)12-5-8-15(9-6-12)10-11-17-4-2/h12H,3-11H2,1-2H3,(H,14,16). The van der Waals surface area contributed by atoms with E-state index in [2.05, 4.69) is 17.1 Å². The quantitative estimate of drug-likeness (QED) is 0.683. The Kier molecular flexibility index (Phi) is 7.21. The number of carbonyl (C=O) groups is 1. The monoisotopic (exact) mass is 242 g/mol. The average Bonchev–Trinajstić information content (AvgIpc) is 2.37. The Hall–Kier alpha value is -0.610. The van der Waals surface area contributed by atoms with Crippen LogP contribution in [0.2, 0.25) is 0 Å². The van der Waals surface area contributed by atoms with E-state index in [0.717, 1.165) is 58.7 Å². The molecule has 0 aromatic carbocycles. The number of hydrogen-bond donors (Lipinski definition) is 1. The number of ether oxygens (including phenoxy) is 1. The second kappa shape index (κ2) is 8.48. The molecule has 0 atom stereocenters. The van der Waals surface area contributed by atoms with Gasteiger partial charge in [-0.3, -0.25) is 4.79 Å². The summed E-state index contributed by atoms with van der Waals surface area (Å²) < 4.78 is 5.34. The van der Waals surface area contributed by atoms with Crippen molar-refractivity contribution in [2.45, 2.75) is 33.1 Å². The molecule has 0 unspecified atom stereocenters. The number of carbonyl (C=O) groups excluding carboxylic acids is 1. The molecule has 0 aromatic heterocycles. The largest absolute Gasteiger partial charge is 0.380 e. The molecular weight excluding hydrogens is 216 g/mol. The number of rotatable bonds is 7. The lowest BCUT2D eigenvalue weighted by atomic mass is 9.96. The molecule has 0 aromatic rings. The summed E-state index contributed by atoms with van der Waals surface area (Å²) in [5, 5.41) is 2.99. The summed E-state index contributed by atoms with van der Waals surface area (Å²) in [5.74, 6) is 0.473. The Bertz CT molecular complexity index is 213. The van der Waals surface area contributed by atoms with Crippen LogP contribution in [0.25, 0.3) is 0 Å². The van der Waals surface area contributed by atoms with Crippen LogP contribution in [-0.2, 0) is 9.53 Å². The van der Waals surface area contributed by atoms with Crippen LogP contribution in [0.15, 0.2) is 0 Å². The minimum atomic E-state index is 0.227. The van der Waals surface area contributed by atoms with E-state index < -0.39 is 0 Å². The number of hydrogen-bond acceptors (Lipinski definition) is 3. The highest BCUT2D eigenvalue weighted by Crippen LogP contribution is 2.16. The Balaban J connectivity index is 2.14. The van der Waals surface area contributed by atoms with Gasteiger partial charge in [0, 0.05) is 25.6 Å². The molecule has 0 saturated carbocycles. The van der Waals surface area contributed by atoms with Gasteiger partial charge in [0.25, 0.3) is 0 Å². The molecule has 0 radical (unpaired) electrons. The molecular formula is C13H26N2O2. The van der Waals surface area contributed by atoms with E-state index >= 15 is 0 Å². The third kappa shape index (κ3) is 5.50. The maximum absolute atomic E-state index is 11.8. The highest BCUT2D eigenvalue weighted by atomic mass is 16.5. The second-order valence-corrected chi connectivity index (χ2v) is 4.60. The lowest BCUT2D eigenvalue weighted by Gasteiger charge is -2.31. The van der Waals surface area contributed by atoms with E-state index in [1.165, 1.54) is 0 Å². The molecule has 1 heterocycles. The summed E-state index contributed by atoms with van der Waals surface area (Å²) in [6.45, 7) is 9.55. The van der Waals surface area contributed by atoms with Crippen LogP contribution < -0.4 is 5.32 Å². The summed E-state index contributed by atoms with van der Waals surface area (Å²) in [7, 11) is 0. The predicted molar refractivity (Wildman–Crippen MR) is 69.0 cm³/mol. The van der Waals surface area contributed by atoms with Gasteiger partial charge in [-0.05, 0) is 39.3 Å². The molecule has 1 rings (SSSR count). The fourth-order valence-electron chi connectivity index (χ4n) is 2.15. The molecule has 0 spiro atoms. The van der Waals surface area contributed by atoms with Crippen LogP contribution in [0.3, 0.4) is 0 Å². The molecule has 100 valence electrons. The van der Waals surface area contributed by atoms with Crippen molar-refractivity contribution in [3.8, 4) is 0 Å². The van der Waals surface area contributed by atoms with Crippen LogP contribution in [0.4, 0.5) is 0 Å². The van der Waals surface area contributed by atoms with Crippen molar-refractivity contribution in [1.82, 2.24) is 10.2 Å². The fraction of sp³-hybridized carbons (Fsp3) is 0.923. The Labute approximate surface area is 105 Å². The minimum Gasteiger partial charge on any atom is -0.380 e. The summed E-state index contributed by atoms with van der Waals surface area (Å²) in [4.78, 5) is 14.2. The lowest BCUT2D eigenvalue weighted by molar-refractivity contribution is -0.126. The van der Waals surface area contributed by atoms with Crippen LogP contribution >= 0.6 is 0 Å². The van der Waals surface area contributed by atoms with Gasteiger partial charge in [-0.25, -0.2) is 0 Å². The van der Waals surface area contributed by atoms with Gasteiger partial charge in [0.05, 0.1) is 6.61 Å². The zero-order valence-electron chi connectivity index (χ0n) is 11.2. The van der Waals surface area contributed by atoms with Gasteiger partial charge in [-0.2, -0.15) is 0 Å². The van der Waals surface area contributed by atoms with E-state index in [1.54, 1.807) is 0 Å². The molecule has 1 aliphatic rings. The molecule has 1 amide bonds. The molecule has 1 saturated heterocycles. The molecule has 0 bridgehead atoms. The first kappa shape index (κ1) is 14.5. The highest BCUT2D eigenvalue weighted by Gasteiger charge is 2.24. The first-order valence-corrected chi connectivity index (χ1v) is 6.85. The second-order valence-electron chi connectivity index (χ2n) is 4.60. The van der Waals surface area contributed by atoms with Crippen molar-refractivity contribution in [1.29, 1.82) is 0 Å². The first-order valence-electron chi connectivity index (χ1n) is 6.85. The smallest absolute Gasteiger partial charge is 0.223 e. The van der Waals surface area contributed by atoms with Gasteiger partial charge in [0.15, 0.2) is 0 Å². The van der Waals surface area contributed by atoms with Crippen molar-refractivity contribution in [3.63, 3.8) is 0 Å². The van der Waals surface area contributed by atoms with E-state index in [4.69, 9.17) is 4.74 Å². The summed E-state index contributed by atoms with van der Waals surface area (Å²) >= 11 is 0. The van der Waals surface area contributed by atoms with Gasteiger partial charge in [-0.15, -0.1) is 0 Å². The number of piperidine rings is 1. The fourth-order valence-corrected chi connectivity index (χ4v) is 2.15. The van der Waals surface area contributed by atoms with Crippen LogP contribution in [0.1, 0.15) is 33.1 Å². The van der Waals surface area contributed by atoms with Crippen molar-refractivity contribution >= 4 is 5.91 Å². The third-order valence-corrected chi connectivity index (χ3v) is 3.26. The molecule has 1 fully saturated rings. The van der Waals surface area contributed by atoms with Crippen LogP contribution in [0, 0.1) is 5.92 Å². The summed E-state index contributed by atoms with van der Waals surface area (Å²) in [6, 6.07) is 0. The molecule has 1 N–H and O–H groups in total. The van der Waals surface area contributed by atoms with Gasteiger partial charge in [0.1, 0.15) is 0 Å². The van der Waals surface area contributed by atoms with Crippen molar-refractivity contribution in [2.75, 3.05) is 39.4 Å². The van der Waals surface area contributed by atoms with Gasteiger partial charge < -0.3 is 15.0 Å². The Morgan fingerprint density at radius 2 is 2.06 bits per heavy atom. The molecule has 1 aliphatic heterocycles. The number of amides is 1. The molecule has 4 nitrogen and oxygen atoms in total. The highest BCUT2D eigenvalue weighted by molar-refractivity contribution is 5.78. The Morgan fingerprint density at radius 1 is 1.35 bits per heavy atom. The van der Waals surface area contributed by atoms with Crippen molar-refractivity contribution in [2.24, 2.45) is 5.92 Å². The summed E-state index contributed by atoms with van der Waals surface area (Å²) in [5.41, 5.74) is 0. The van der Waals surface area contributed by atoms with Gasteiger partial charge in [-0.1, -0.05) is 6.92 Å². The van der Waals surface area contributed by atoms with Crippen LogP contribution in [0.5, 0.6) is 0 Å². The average molecular weight is 242 g/mol. The Morgan fingerprint density at radius 3 is 2.65 bits per heavy atom. The molecule has 4 heteroatoms. The maximum Gasteiger partial charge on any atom is 0.223 e. The topological polar surface area (TPSA) is 41.6 Å².